The molecule has 3 aromatic carbocycles. The second-order valence-corrected chi connectivity index (χ2v) is 8.84. The molecule has 5 rings (SSSR count). The van der Waals surface area contributed by atoms with Gasteiger partial charge < -0.3 is 15.0 Å². The van der Waals surface area contributed by atoms with Crippen LogP contribution in [0.2, 0.25) is 0 Å². The lowest BCUT2D eigenvalue weighted by Gasteiger charge is -2.31. The van der Waals surface area contributed by atoms with Crippen molar-refractivity contribution in [2.45, 2.75) is 19.4 Å². The number of hydrogen-bond donors (Lipinski definition) is 1. The molecule has 7 heteroatoms. The summed E-state index contributed by atoms with van der Waals surface area (Å²) in [4.78, 5) is 32.1. The van der Waals surface area contributed by atoms with E-state index in [0.717, 1.165) is 10.8 Å². The molecule has 0 saturated carbocycles. The Morgan fingerprint density at radius 3 is 2.58 bits per heavy atom. The second kappa shape index (κ2) is 10.6. The predicted molar refractivity (Wildman–Crippen MR) is 135 cm³/mol. The Balaban J connectivity index is 1.17. The average molecular weight is 484 g/mol. The van der Waals surface area contributed by atoms with E-state index in [2.05, 4.69) is 10.3 Å². The van der Waals surface area contributed by atoms with E-state index in [1.165, 1.54) is 12.1 Å². The van der Waals surface area contributed by atoms with Gasteiger partial charge in [0.1, 0.15) is 11.6 Å². The highest BCUT2D eigenvalue weighted by atomic mass is 19.1. The minimum absolute atomic E-state index is 0.000146. The van der Waals surface area contributed by atoms with Gasteiger partial charge in [0.05, 0.1) is 0 Å². The standard InChI is InChI=1S/C29H26FN3O3/c30-23-9-4-10-24(18-23)36-28-22(8-5-15-31-28)19-32-27(34)21-13-16-33(17-14-21)29(35)26-12-3-7-20-6-1-2-11-25(20)26/h1-12,15,18,21H,13-14,16-17,19H2,(H,32,34). The average Bonchev–Trinajstić information content (AvgIpc) is 2.92. The van der Waals surface area contributed by atoms with Gasteiger partial charge in [0, 0.05) is 48.9 Å². The number of aromatic nitrogens is 1. The first kappa shape index (κ1) is 23.5. The Bertz CT molecular complexity index is 1390. The highest BCUT2D eigenvalue weighted by Gasteiger charge is 2.28. The summed E-state index contributed by atoms with van der Waals surface area (Å²) < 4.78 is 19.2. The Morgan fingerprint density at radius 2 is 1.75 bits per heavy atom. The summed E-state index contributed by atoms with van der Waals surface area (Å²) in [5, 5.41) is 4.95. The van der Waals surface area contributed by atoms with E-state index in [0.29, 0.717) is 48.7 Å². The molecular weight excluding hydrogens is 457 g/mol. The zero-order chi connectivity index (χ0) is 24.9. The molecule has 0 bridgehead atoms. The molecule has 2 heterocycles. The molecule has 36 heavy (non-hydrogen) atoms. The molecule has 6 nitrogen and oxygen atoms in total. The molecule has 182 valence electrons. The van der Waals surface area contributed by atoms with Gasteiger partial charge in [-0.05, 0) is 47.9 Å². The number of hydrogen-bond acceptors (Lipinski definition) is 4. The van der Waals surface area contributed by atoms with Crippen molar-refractivity contribution in [3.63, 3.8) is 0 Å². The number of nitrogens with zero attached hydrogens (tertiary/aromatic N) is 2. The Morgan fingerprint density at radius 1 is 0.972 bits per heavy atom. The smallest absolute Gasteiger partial charge is 0.254 e. The molecule has 0 radical (unpaired) electrons. The number of fused-ring (bicyclic) bond motifs is 1. The van der Waals surface area contributed by atoms with E-state index >= 15 is 0 Å². The summed E-state index contributed by atoms with van der Waals surface area (Å²) in [6.45, 7) is 1.30. The zero-order valence-electron chi connectivity index (χ0n) is 19.7. The van der Waals surface area contributed by atoms with Crippen LogP contribution >= 0.6 is 0 Å². The highest BCUT2D eigenvalue weighted by molar-refractivity contribution is 6.07. The number of amides is 2. The first-order valence-electron chi connectivity index (χ1n) is 12.0. The van der Waals surface area contributed by atoms with Crippen LogP contribution < -0.4 is 10.1 Å². The van der Waals surface area contributed by atoms with Crippen LogP contribution in [-0.4, -0.2) is 34.8 Å². The molecule has 0 atom stereocenters. The van der Waals surface area contributed by atoms with Crippen LogP contribution in [0.15, 0.2) is 85.1 Å². The fourth-order valence-electron chi connectivity index (χ4n) is 4.55. The van der Waals surface area contributed by atoms with Crippen LogP contribution in [0.3, 0.4) is 0 Å². The van der Waals surface area contributed by atoms with Gasteiger partial charge in [-0.2, -0.15) is 0 Å². The van der Waals surface area contributed by atoms with Crippen LogP contribution in [0.5, 0.6) is 11.6 Å². The van der Waals surface area contributed by atoms with E-state index < -0.39 is 5.82 Å². The number of carbonyl (C=O) groups excluding carboxylic acids is 2. The lowest BCUT2D eigenvalue weighted by molar-refractivity contribution is -0.126. The van der Waals surface area contributed by atoms with Crippen molar-refractivity contribution < 1.29 is 18.7 Å². The highest BCUT2D eigenvalue weighted by Crippen LogP contribution is 2.25. The van der Waals surface area contributed by atoms with E-state index in [9.17, 15) is 14.0 Å². The van der Waals surface area contributed by atoms with E-state index in [-0.39, 0.29) is 24.3 Å². The Hall–Kier alpha value is -4.26. The number of piperidine rings is 1. The van der Waals surface area contributed by atoms with Crippen LogP contribution in [-0.2, 0) is 11.3 Å². The topological polar surface area (TPSA) is 71.5 Å². The van der Waals surface area contributed by atoms with E-state index in [1.807, 2.05) is 53.4 Å². The molecule has 2 amide bonds. The number of carbonyl (C=O) groups is 2. The van der Waals surface area contributed by atoms with Crippen molar-refractivity contribution in [3.05, 3.63) is 102 Å². The van der Waals surface area contributed by atoms with Crippen LogP contribution in [0.4, 0.5) is 4.39 Å². The summed E-state index contributed by atoms with van der Waals surface area (Å²) >= 11 is 0. The third-order valence-electron chi connectivity index (χ3n) is 6.49. The monoisotopic (exact) mass is 483 g/mol. The fourth-order valence-corrected chi connectivity index (χ4v) is 4.55. The second-order valence-electron chi connectivity index (χ2n) is 8.84. The molecule has 1 fully saturated rings. The third kappa shape index (κ3) is 5.20. The first-order valence-corrected chi connectivity index (χ1v) is 12.0. The van der Waals surface area contributed by atoms with E-state index in [4.69, 9.17) is 4.74 Å². The lowest BCUT2D eigenvalue weighted by atomic mass is 9.94. The molecule has 1 aliphatic rings. The van der Waals surface area contributed by atoms with E-state index in [1.54, 1.807) is 24.4 Å². The van der Waals surface area contributed by atoms with Crippen LogP contribution in [0, 0.1) is 11.7 Å². The van der Waals surface area contributed by atoms with Crippen molar-refractivity contribution in [1.82, 2.24) is 15.2 Å². The van der Waals surface area contributed by atoms with Crippen molar-refractivity contribution in [1.29, 1.82) is 0 Å². The van der Waals surface area contributed by atoms with Gasteiger partial charge >= 0.3 is 0 Å². The largest absolute Gasteiger partial charge is 0.439 e. The molecule has 0 spiro atoms. The van der Waals surface area contributed by atoms with Gasteiger partial charge in [-0.25, -0.2) is 9.37 Å². The number of benzene rings is 3. The summed E-state index contributed by atoms with van der Waals surface area (Å²) in [6, 6.07) is 23.0. The van der Waals surface area contributed by atoms with Crippen molar-refractivity contribution in [2.24, 2.45) is 5.92 Å². The quantitative estimate of drug-likeness (QED) is 0.402. The fraction of sp³-hybridized carbons (Fsp3) is 0.207. The van der Waals surface area contributed by atoms with Gasteiger partial charge in [-0.15, -0.1) is 0 Å². The SMILES string of the molecule is O=C(NCc1cccnc1Oc1cccc(F)c1)C1CCN(C(=O)c2cccc3ccccc23)CC1. The van der Waals surface area contributed by atoms with Crippen molar-refractivity contribution in [2.75, 3.05) is 13.1 Å². The molecule has 4 aromatic rings. The molecule has 1 aromatic heterocycles. The van der Waals surface area contributed by atoms with Crippen molar-refractivity contribution in [3.8, 4) is 11.6 Å². The van der Waals surface area contributed by atoms with Gasteiger partial charge in [0.25, 0.3) is 5.91 Å². The minimum atomic E-state index is -0.399. The maximum atomic E-state index is 13.5. The lowest BCUT2D eigenvalue weighted by Crippen LogP contribution is -2.43. The summed E-state index contributed by atoms with van der Waals surface area (Å²) in [7, 11) is 0. The molecule has 1 N–H and O–H groups in total. The summed E-state index contributed by atoms with van der Waals surface area (Å²) in [5.41, 5.74) is 1.39. The Kier molecular flexibility index (Phi) is 6.89. The summed E-state index contributed by atoms with van der Waals surface area (Å²) in [5.74, 6) is 0.0192. The van der Waals surface area contributed by atoms with Gasteiger partial charge in [-0.3, -0.25) is 9.59 Å². The van der Waals surface area contributed by atoms with Gasteiger partial charge in [0.15, 0.2) is 0 Å². The Labute approximate surface area is 208 Å². The number of halogens is 1. The van der Waals surface area contributed by atoms with Crippen LogP contribution in [0.1, 0.15) is 28.8 Å². The maximum Gasteiger partial charge on any atom is 0.254 e. The third-order valence-corrected chi connectivity index (χ3v) is 6.49. The van der Waals surface area contributed by atoms with Gasteiger partial charge in [0.2, 0.25) is 11.8 Å². The summed E-state index contributed by atoms with van der Waals surface area (Å²) in [6.07, 6.45) is 2.78. The predicted octanol–water partition coefficient (Wildman–Crippen LogP) is 5.33. The molecule has 1 saturated heterocycles. The maximum absolute atomic E-state index is 13.5. The number of likely N-dealkylation sites (tertiary alicyclic amines) is 1. The molecule has 0 unspecified atom stereocenters. The number of nitrogens with one attached hydrogen (secondary N) is 1. The number of rotatable bonds is 6. The molecular formula is C29H26FN3O3. The van der Waals surface area contributed by atoms with Crippen LogP contribution in [0.25, 0.3) is 10.8 Å². The normalized spacial score (nSPS) is 14.0. The molecule has 1 aliphatic heterocycles. The molecule has 0 aliphatic carbocycles. The number of ether oxygens (including phenoxy) is 1. The minimum Gasteiger partial charge on any atom is -0.439 e. The van der Waals surface area contributed by atoms with Crippen molar-refractivity contribution >= 4 is 22.6 Å². The van der Waals surface area contributed by atoms with Gasteiger partial charge in [-0.1, -0.05) is 48.5 Å². The zero-order valence-corrected chi connectivity index (χ0v) is 19.7. The first-order chi connectivity index (χ1) is 17.6. The number of pyridine rings is 1.